The van der Waals surface area contributed by atoms with Crippen molar-refractivity contribution in [3.8, 4) is 11.5 Å². The SMILES string of the molecule is CC(C)(C)c1cccc(NC(=O)c2ccc3ccc(Oc4ccnc(NC(=O)CCl)c4)cc3c2)c1. The van der Waals surface area contributed by atoms with E-state index in [1.54, 1.807) is 18.2 Å². The molecule has 0 aliphatic carbocycles. The first kappa shape index (κ1) is 24.2. The molecule has 1 aromatic heterocycles. The van der Waals surface area contributed by atoms with Gasteiger partial charge in [0, 0.05) is 23.5 Å². The van der Waals surface area contributed by atoms with E-state index < -0.39 is 0 Å². The molecule has 0 spiro atoms. The van der Waals surface area contributed by atoms with Gasteiger partial charge >= 0.3 is 0 Å². The highest BCUT2D eigenvalue weighted by Crippen LogP contribution is 2.28. The maximum absolute atomic E-state index is 13.0. The lowest BCUT2D eigenvalue weighted by molar-refractivity contribution is -0.113. The number of aromatic nitrogens is 1. The molecule has 1 heterocycles. The van der Waals surface area contributed by atoms with Gasteiger partial charge in [-0.3, -0.25) is 9.59 Å². The number of anilines is 2. The Hall–Kier alpha value is -3.90. The molecular formula is C28H26ClN3O3. The molecule has 2 amide bonds. The highest BCUT2D eigenvalue weighted by molar-refractivity contribution is 6.29. The normalized spacial score (nSPS) is 11.2. The standard InChI is InChI=1S/C28H26ClN3O3/c1-28(2,3)21-5-4-6-22(15-21)31-27(34)19-8-7-18-9-10-23(14-20(18)13-19)35-24-11-12-30-25(16-24)32-26(33)17-29/h4-16H,17H2,1-3H3,(H,31,34)(H,30,32,33). The average Bonchev–Trinajstić information content (AvgIpc) is 2.83. The molecule has 0 aliphatic heterocycles. The first-order chi connectivity index (χ1) is 16.7. The summed E-state index contributed by atoms with van der Waals surface area (Å²) in [4.78, 5) is 28.5. The summed E-state index contributed by atoms with van der Waals surface area (Å²) in [6, 6.07) is 22.4. The third-order valence-corrected chi connectivity index (χ3v) is 5.66. The van der Waals surface area contributed by atoms with Crippen molar-refractivity contribution >= 4 is 45.7 Å². The van der Waals surface area contributed by atoms with E-state index in [1.165, 1.54) is 6.20 Å². The molecule has 0 saturated carbocycles. The van der Waals surface area contributed by atoms with Gasteiger partial charge in [-0.2, -0.15) is 0 Å². The van der Waals surface area contributed by atoms with Crippen LogP contribution in [0.3, 0.4) is 0 Å². The van der Waals surface area contributed by atoms with Crippen molar-refractivity contribution < 1.29 is 14.3 Å². The van der Waals surface area contributed by atoms with Crippen molar-refractivity contribution in [2.45, 2.75) is 26.2 Å². The molecule has 4 rings (SSSR count). The number of carbonyl (C=O) groups is 2. The van der Waals surface area contributed by atoms with Crippen LogP contribution in [-0.4, -0.2) is 22.7 Å². The third-order valence-electron chi connectivity index (χ3n) is 5.42. The number of fused-ring (bicyclic) bond motifs is 1. The van der Waals surface area contributed by atoms with Crippen LogP contribution < -0.4 is 15.4 Å². The molecule has 0 aliphatic rings. The number of ether oxygens (including phenoxy) is 1. The number of alkyl halides is 1. The summed E-state index contributed by atoms with van der Waals surface area (Å²) in [5.74, 6) is 0.764. The Balaban J connectivity index is 1.53. The van der Waals surface area contributed by atoms with Crippen molar-refractivity contribution in [3.63, 3.8) is 0 Å². The van der Waals surface area contributed by atoms with E-state index in [9.17, 15) is 9.59 Å². The lowest BCUT2D eigenvalue weighted by Gasteiger charge is -2.20. The molecule has 4 aromatic rings. The largest absolute Gasteiger partial charge is 0.457 e. The van der Waals surface area contributed by atoms with Crippen molar-refractivity contribution in [1.29, 1.82) is 0 Å². The summed E-state index contributed by atoms with van der Waals surface area (Å²) in [5.41, 5.74) is 2.45. The number of nitrogens with zero attached hydrogens (tertiary/aromatic N) is 1. The Morgan fingerprint density at radius 3 is 2.43 bits per heavy atom. The zero-order chi connectivity index (χ0) is 25.0. The van der Waals surface area contributed by atoms with Crippen molar-refractivity contribution in [1.82, 2.24) is 4.98 Å². The molecule has 0 fully saturated rings. The fourth-order valence-corrected chi connectivity index (χ4v) is 3.62. The number of hydrogen-bond donors (Lipinski definition) is 2. The molecule has 6 nitrogen and oxygen atoms in total. The first-order valence-corrected chi connectivity index (χ1v) is 11.7. The number of benzene rings is 3. The molecule has 178 valence electrons. The Kier molecular flexibility index (Phi) is 7.03. The zero-order valence-electron chi connectivity index (χ0n) is 19.8. The van der Waals surface area contributed by atoms with E-state index in [2.05, 4.69) is 42.5 Å². The Bertz CT molecular complexity index is 1400. The summed E-state index contributed by atoms with van der Waals surface area (Å²) in [6.45, 7) is 6.42. The second kappa shape index (κ2) is 10.2. The Labute approximate surface area is 209 Å². The molecule has 0 atom stereocenters. The Morgan fingerprint density at radius 1 is 0.886 bits per heavy atom. The molecular weight excluding hydrogens is 462 g/mol. The maximum Gasteiger partial charge on any atom is 0.255 e. The predicted octanol–water partition coefficient (Wildman–Crippen LogP) is 6.75. The van der Waals surface area contributed by atoms with E-state index in [0.717, 1.165) is 22.0 Å². The summed E-state index contributed by atoms with van der Waals surface area (Å²) >= 11 is 5.53. The minimum atomic E-state index is -0.349. The molecule has 7 heteroatoms. The Morgan fingerprint density at radius 2 is 1.66 bits per heavy atom. The molecule has 35 heavy (non-hydrogen) atoms. The lowest BCUT2D eigenvalue weighted by atomic mass is 9.87. The van der Waals surface area contributed by atoms with Crippen LogP contribution >= 0.6 is 11.6 Å². The minimum absolute atomic E-state index is 0.00857. The molecule has 3 aromatic carbocycles. The second-order valence-electron chi connectivity index (χ2n) is 9.17. The van der Waals surface area contributed by atoms with Crippen LogP contribution in [0, 0.1) is 0 Å². The molecule has 0 bridgehead atoms. The topological polar surface area (TPSA) is 80.3 Å². The predicted molar refractivity (Wildman–Crippen MR) is 141 cm³/mol. The van der Waals surface area contributed by atoms with Gasteiger partial charge in [-0.05, 0) is 64.2 Å². The van der Waals surface area contributed by atoms with Gasteiger partial charge in [0.1, 0.15) is 23.2 Å². The van der Waals surface area contributed by atoms with Crippen molar-refractivity contribution in [3.05, 3.63) is 90.1 Å². The third kappa shape index (κ3) is 6.16. The summed E-state index contributed by atoms with van der Waals surface area (Å²) in [5, 5.41) is 7.43. The van der Waals surface area contributed by atoms with Crippen LogP contribution in [0.1, 0.15) is 36.7 Å². The molecule has 0 unspecified atom stereocenters. The molecule has 0 saturated heterocycles. The summed E-state index contributed by atoms with van der Waals surface area (Å²) < 4.78 is 5.96. The lowest BCUT2D eigenvalue weighted by Crippen LogP contribution is -2.14. The summed E-state index contributed by atoms with van der Waals surface area (Å²) in [7, 11) is 0. The minimum Gasteiger partial charge on any atom is -0.457 e. The van der Waals surface area contributed by atoms with Crippen LogP contribution in [-0.2, 0) is 10.2 Å². The maximum atomic E-state index is 13.0. The fraction of sp³-hybridized carbons (Fsp3) is 0.179. The van der Waals surface area contributed by atoms with Gasteiger partial charge in [0.15, 0.2) is 0 Å². The zero-order valence-corrected chi connectivity index (χ0v) is 20.5. The molecule has 0 radical (unpaired) electrons. The highest BCUT2D eigenvalue weighted by Gasteiger charge is 2.15. The summed E-state index contributed by atoms with van der Waals surface area (Å²) in [6.07, 6.45) is 1.54. The van der Waals surface area contributed by atoms with Crippen LogP contribution in [0.5, 0.6) is 11.5 Å². The van der Waals surface area contributed by atoms with Crippen LogP contribution in [0.2, 0.25) is 0 Å². The second-order valence-corrected chi connectivity index (χ2v) is 9.44. The number of halogens is 1. The van der Waals surface area contributed by atoms with E-state index in [4.69, 9.17) is 16.3 Å². The number of pyridine rings is 1. The molecule has 2 N–H and O–H groups in total. The van der Waals surface area contributed by atoms with Crippen LogP contribution in [0.25, 0.3) is 10.8 Å². The van der Waals surface area contributed by atoms with E-state index >= 15 is 0 Å². The van der Waals surface area contributed by atoms with Gasteiger partial charge in [-0.1, -0.05) is 45.0 Å². The van der Waals surface area contributed by atoms with Crippen molar-refractivity contribution in [2.75, 3.05) is 16.5 Å². The van der Waals surface area contributed by atoms with Gasteiger partial charge < -0.3 is 15.4 Å². The van der Waals surface area contributed by atoms with Gasteiger partial charge in [-0.25, -0.2) is 4.98 Å². The number of amides is 2. The fourth-order valence-electron chi connectivity index (χ4n) is 3.55. The van der Waals surface area contributed by atoms with E-state index in [0.29, 0.717) is 22.9 Å². The number of carbonyl (C=O) groups excluding carboxylic acids is 2. The van der Waals surface area contributed by atoms with E-state index in [1.807, 2.05) is 48.5 Å². The monoisotopic (exact) mass is 487 g/mol. The van der Waals surface area contributed by atoms with Gasteiger partial charge in [0.05, 0.1) is 0 Å². The number of nitrogens with one attached hydrogen (secondary N) is 2. The highest BCUT2D eigenvalue weighted by atomic mass is 35.5. The van der Waals surface area contributed by atoms with Crippen LogP contribution in [0.4, 0.5) is 11.5 Å². The van der Waals surface area contributed by atoms with E-state index in [-0.39, 0.29) is 23.1 Å². The quantitative estimate of drug-likeness (QED) is 0.294. The van der Waals surface area contributed by atoms with Crippen molar-refractivity contribution in [2.24, 2.45) is 0 Å². The van der Waals surface area contributed by atoms with Gasteiger partial charge in [0.25, 0.3) is 5.91 Å². The van der Waals surface area contributed by atoms with Gasteiger partial charge in [0.2, 0.25) is 5.91 Å². The van der Waals surface area contributed by atoms with Gasteiger partial charge in [-0.15, -0.1) is 11.6 Å². The first-order valence-electron chi connectivity index (χ1n) is 11.2. The number of rotatable bonds is 6. The van der Waals surface area contributed by atoms with Crippen LogP contribution in [0.15, 0.2) is 79.0 Å². The smallest absolute Gasteiger partial charge is 0.255 e. The number of hydrogen-bond acceptors (Lipinski definition) is 4. The average molecular weight is 488 g/mol.